The van der Waals surface area contributed by atoms with Crippen LogP contribution >= 0.6 is 0 Å². The number of benzene rings is 1. The van der Waals surface area contributed by atoms with Crippen molar-refractivity contribution in [3.63, 3.8) is 0 Å². The first-order chi connectivity index (χ1) is 11.0. The Kier molecular flexibility index (Phi) is 4.26. The van der Waals surface area contributed by atoms with Crippen LogP contribution in [0.3, 0.4) is 0 Å². The number of rotatable bonds is 3. The van der Waals surface area contributed by atoms with Crippen molar-refractivity contribution in [2.24, 2.45) is 0 Å². The maximum absolute atomic E-state index is 12.8. The zero-order valence-corrected chi connectivity index (χ0v) is 13.8. The highest BCUT2D eigenvalue weighted by atomic mass is 16.5. The van der Waals surface area contributed by atoms with E-state index < -0.39 is 0 Å². The molecular weight excluding hydrogens is 294 g/mol. The summed E-state index contributed by atoms with van der Waals surface area (Å²) in [5, 5.41) is 0.525. The number of hydrogen-bond acceptors (Lipinski definition) is 4. The normalized spacial score (nSPS) is 17.0. The molecule has 1 saturated heterocycles. The molecule has 124 valence electrons. The molecule has 1 N–H and O–H groups in total. The fraction of sp³-hybridized carbons (Fsp3) is 0.529. The minimum atomic E-state index is -0.334. The van der Waals surface area contributed by atoms with Crippen LogP contribution in [0, 0.1) is 0 Å². The lowest BCUT2D eigenvalue weighted by Gasteiger charge is -2.34. The minimum absolute atomic E-state index is 0.0345. The number of hydrogen-bond donors (Lipinski definition) is 1. The van der Waals surface area contributed by atoms with Gasteiger partial charge in [0.1, 0.15) is 5.75 Å². The quantitative estimate of drug-likeness (QED) is 0.936. The number of ether oxygens (including phenoxy) is 1. The molecule has 0 saturated carbocycles. The Bertz CT molecular complexity index is 814. The molecule has 0 bridgehead atoms. The molecule has 0 amide bonds. The first kappa shape index (κ1) is 15.8. The van der Waals surface area contributed by atoms with Crippen molar-refractivity contribution in [2.45, 2.75) is 38.8 Å². The molecule has 0 atom stereocenters. The molecule has 1 aliphatic rings. The van der Waals surface area contributed by atoms with Crippen LogP contribution < -0.4 is 16.0 Å². The van der Waals surface area contributed by atoms with E-state index >= 15 is 0 Å². The molecule has 2 aromatic rings. The fourth-order valence-electron chi connectivity index (χ4n) is 3.33. The minimum Gasteiger partial charge on any atom is -0.497 e. The van der Waals surface area contributed by atoms with Crippen LogP contribution in [0.1, 0.15) is 32.7 Å². The third-order valence-corrected chi connectivity index (χ3v) is 4.73. The summed E-state index contributed by atoms with van der Waals surface area (Å²) in [6.07, 6.45) is 1.64. The molecule has 1 fully saturated rings. The Morgan fingerprint density at radius 3 is 2.52 bits per heavy atom. The van der Waals surface area contributed by atoms with Gasteiger partial charge < -0.3 is 14.6 Å². The van der Waals surface area contributed by atoms with Gasteiger partial charge in [-0.05, 0) is 38.8 Å². The predicted octanol–water partition coefficient (Wildman–Crippen LogP) is 1.74. The second kappa shape index (κ2) is 6.20. The molecule has 6 nitrogen and oxygen atoms in total. The lowest BCUT2D eigenvalue weighted by Crippen LogP contribution is -2.45. The third kappa shape index (κ3) is 2.91. The Balaban J connectivity index is 1.99. The van der Waals surface area contributed by atoms with Crippen LogP contribution in [0.15, 0.2) is 27.8 Å². The van der Waals surface area contributed by atoms with Crippen LogP contribution in [-0.2, 0) is 0 Å². The topological polar surface area (TPSA) is 67.3 Å². The molecule has 0 unspecified atom stereocenters. The number of fused-ring (bicyclic) bond motifs is 1. The van der Waals surface area contributed by atoms with E-state index in [1.807, 2.05) is 0 Å². The first-order valence-electron chi connectivity index (χ1n) is 8.08. The Morgan fingerprint density at radius 2 is 1.91 bits per heavy atom. The SMILES string of the molecule is COc1ccc2c(=O)n(C3CCN(C(C)C)CC3)c(=O)[nH]c2c1. The van der Waals surface area contributed by atoms with Gasteiger partial charge in [-0.1, -0.05) is 0 Å². The second-order valence-electron chi connectivity index (χ2n) is 6.38. The molecule has 0 radical (unpaired) electrons. The van der Waals surface area contributed by atoms with Gasteiger partial charge in [0.05, 0.1) is 18.0 Å². The maximum atomic E-state index is 12.8. The summed E-state index contributed by atoms with van der Waals surface area (Å²) in [6, 6.07) is 5.60. The van der Waals surface area contributed by atoms with Gasteiger partial charge in [0, 0.05) is 31.2 Å². The summed E-state index contributed by atoms with van der Waals surface area (Å²) in [5.41, 5.74) is -0.0247. The standard InChI is InChI=1S/C17H23N3O3/c1-11(2)19-8-6-12(7-9-19)20-16(21)14-5-4-13(23-3)10-15(14)18-17(20)22/h4-5,10-12H,6-9H2,1-3H3,(H,18,22). The first-order valence-corrected chi connectivity index (χ1v) is 8.08. The zero-order valence-electron chi connectivity index (χ0n) is 13.8. The third-order valence-electron chi connectivity index (χ3n) is 4.73. The predicted molar refractivity (Wildman–Crippen MR) is 90.4 cm³/mol. The second-order valence-corrected chi connectivity index (χ2v) is 6.38. The summed E-state index contributed by atoms with van der Waals surface area (Å²) in [6.45, 7) is 6.16. The highest BCUT2D eigenvalue weighted by molar-refractivity contribution is 5.78. The van der Waals surface area contributed by atoms with Gasteiger partial charge in [-0.3, -0.25) is 9.36 Å². The average Bonchev–Trinajstić information content (AvgIpc) is 2.54. The number of likely N-dealkylation sites (tertiary alicyclic amines) is 1. The van der Waals surface area contributed by atoms with E-state index in [0.29, 0.717) is 22.7 Å². The fourth-order valence-corrected chi connectivity index (χ4v) is 3.33. The van der Waals surface area contributed by atoms with Crippen molar-refractivity contribution in [3.05, 3.63) is 39.0 Å². The number of methoxy groups -OCH3 is 1. The van der Waals surface area contributed by atoms with E-state index in [0.717, 1.165) is 25.9 Å². The van der Waals surface area contributed by atoms with Crippen molar-refractivity contribution < 1.29 is 4.74 Å². The molecular formula is C17H23N3O3. The molecule has 1 aromatic heterocycles. The van der Waals surface area contributed by atoms with Crippen molar-refractivity contribution >= 4 is 10.9 Å². The lowest BCUT2D eigenvalue weighted by atomic mass is 10.0. The zero-order chi connectivity index (χ0) is 16.6. The molecule has 6 heteroatoms. The van der Waals surface area contributed by atoms with E-state index in [4.69, 9.17) is 4.74 Å². The Hall–Kier alpha value is -2.08. The molecule has 23 heavy (non-hydrogen) atoms. The maximum Gasteiger partial charge on any atom is 0.329 e. The van der Waals surface area contributed by atoms with Crippen LogP contribution in [-0.4, -0.2) is 40.7 Å². The number of H-pyrrole nitrogens is 1. The summed E-state index contributed by atoms with van der Waals surface area (Å²) in [5.74, 6) is 0.621. The molecule has 0 aliphatic carbocycles. The smallest absolute Gasteiger partial charge is 0.329 e. The van der Waals surface area contributed by atoms with E-state index in [1.165, 1.54) is 4.57 Å². The Labute approximate surface area is 134 Å². The summed E-state index contributed by atoms with van der Waals surface area (Å²) < 4.78 is 6.54. The monoisotopic (exact) mass is 317 g/mol. The number of piperidine rings is 1. The largest absolute Gasteiger partial charge is 0.497 e. The number of aromatic amines is 1. The lowest BCUT2D eigenvalue weighted by molar-refractivity contribution is 0.149. The van der Waals surface area contributed by atoms with E-state index in [9.17, 15) is 9.59 Å². The number of aromatic nitrogens is 2. The van der Waals surface area contributed by atoms with Gasteiger partial charge >= 0.3 is 5.69 Å². The van der Waals surface area contributed by atoms with Gasteiger partial charge in [-0.25, -0.2) is 4.79 Å². The Morgan fingerprint density at radius 1 is 1.22 bits per heavy atom. The van der Waals surface area contributed by atoms with E-state index in [2.05, 4.69) is 23.7 Å². The highest BCUT2D eigenvalue weighted by Gasteiger charge is 2.24. The van der Waals surface area contributed by atoms with Crippen molar-refractivity contribution in [3.8, 4) is 5.75 Å². The van der Waals surface area contributed by atoms with Gasteiger partial charge in [0.2, 0.25) is 0 Å². The van der Waals surface area contributed by atoms with E-state index in [1.54, 1.807) is 25.3 Å². The summed E-state index contributed by atoms with van der Waals surface area (Å²) in [7, 11) is 1.56. The van der Waals surface area contributed by atoms with Crippen molar-refractivity contribution in [1.82, 2.24) is 14.5 Å². The van der Waals surface area contributed by atoms with Crippen LogP contribution in [0.4, 0.5) is 0 Å². The van der Waals surface area contributed by atoms with Crippen LogP contribution in [0.25, 0.3) is 10.9 Å². The van der Waals surface area contributed by atoms with Gasteiger partial charge in [-0.2, -0.15) is 0 Å². The summed E-state index contributed by atoms with van der Waals surface area (Å²) >= 11 is 0. The van der Waals surface area contributed by atoms with Gasteiger partial charge in [0.15, 0.2) is 0 Å². The molecule has 3 rings (SSSR count). The molecule has 2 heterocycles. The average molecular weight is 317 g/mol. The number of nitrogens with one attached hydrogen (secondary N) is 1. The molecule has 1 aromatic carbocycles. The molecule has 0 spiro atoms. The summed E-state index contributed by atoms with van der Waals surface area (Å²) in [4.78, 5) is 30.4. The van der Waals surface area contributed by atoms with E-state index in [-0.39, 0.29) is 17.3 Å². The van der Waals surface area contributed by atoms with Gasteiger partial charge in [-0.15, -0.1) is 0 Å². The van der Waals surface area contributed by atoms with Crippen LogP contribution in [0.2, 0.25) is 0 Å². The van der Waals surface area contributed by atoms with Crippen molar-refractivity contribution in [1.29, 1.82) is 0 Å². The molecule has 1 aliphatic heterocycles. The highest BCUT2D eigenvalue weighted by Crippen LogP contribution is 2.22. The van der Waals surface area contributed by atoms with Crippen molar-refractivity contribution in [2.75, 3.05) is 20.2 Å². The van der Waals surface area contributed by atoms with Gasteiger partial charge in [0.25, 0.3) is 5.56 Å². The number of nitrogens with zero attached hydrogens (tertiary/aromatic N) is 2. The van der Waals surface area contributed by atoms with Crippen LogP contribution in [0.5, 0.6) is 5.75 Å².